The zero-order chi connectivity index (χ0) is 11.7. The van der Waals surface area contributed by atoms with Crippen molar-refractivity contribution in [3.05, 3.63) is 0 Å². The number of carbonyl (C=O) groups excluding carboxylic acids is 1. The van der Waals surface area contributed by atoms with E-state index in [1.165, 1.54) is 12.8 Å². The molecule has 0 aliphatic heterocycles. The van der Waals surface area contributed by atoms with Gasteiger partial charge in [-0.1, -0.05) is 26.7 Å². The number of unbranched alkanes of at least 4 members (excludes halogenated alkanes) is 1. The van der Waals surface area contributed by atoms with Gasteiger partial charge >= 0.3 is 0 Å². The van der Waals surface area contributed by atoms with Crippen LogP contribution in [0.15, 0.2) is 0 Å². The van der Waals surface area contributed by atoms with Crippen LogP contribution < -0.4 is 10.6 Å². The Morgan fingerprint density at radius 1 is 1.20 bits per heavy atom. The quantitative estimate of drug-likeness (QED) is 0.649. The first-order valence-electron chi connectivity index (χ1n) is 6.12. The molecule has 0 saturated carbocycles. The Bertz CT molecular complexity index is 171. The third kappa shape index (κ3) is 8.43. The molecule has 1 amide bonds. The zero-order valence-corrected chi connectivity index (χ0v) is 10.6. The van der Waals surface area contributed by atoms with Crippen LogP contribution in [0.5, 0.6) is 0 Å². The van der Waals surface area contributed by atoms with Crippen molar-refractivity contribution >= 4 is 5.91 Å². The summed E-state index contributed by atoms with van der Waals surface area (Å²) in [6.07, 6.45) is 4.50. The summed E-state index contributed by atoms with van der Waals surface area (Å²) < 4.78 is 0. The highest BCUT2D eigenvalue weighted by atomic mass is 16.1. The van der Waals surface area contributed by atoms with Crippen LogP contribution in [-0.2, 0) is 4.79 Å². The van der Waals surface area contributed by atoms with Crippen molar-refractivity contribution in [1.29, 1.82) is 0 Å². The highest BCUT2D eigenvalue weighted by molar-refractivity contribution is 5.78. The predicted molar refractivity (Wildman–Crippen MR) is 64.9 cm³/mol. The van der Waals surface area contributed by atoms with E-state index in [9.17, 15) is 4.79 Å². The lowest BCUT2D eigenvalue weighted by Crippen LogP contribution is -2.41. The van der Waals surface area contributed by atoms with Crippen LogP contribution in [0.2, 0.25) is 0 Å². The molecular formula is C12H26N2O. The molecule has 0 bridgehead atoms. The molecule has 0 fully saturated rings. The van der Waals surface area contributed by atoms with E-state index in [1.54, 1.807) is 0 Å². The Hall–Kier alpha value is -0.570. The van der Waals surface area contributed by atoms with Gasteiger partial charge in [-0.3, -0.25) is 4.79 Å². The van der Waals surface area contributed by atoms with Crippen molar-refractivity contribution in [3.8, 4) is 0 Å². The van der Waals surface area contributed by atoms with Crippen LogP contribution >= 0.6 is 0 Å². The van der Waals surface area contributed by atoms with Gasteiger partial charge in [0.15, 0.2) is 0 Å². The summed E-state index contributed by atoms with van der Waals surface area (Å²) in [5.41, 5.74) is 0. The number of hydrogen-bond donors (Lipinski definition) is 2. The first kappa shape index (κ1) is 14.4. The van der Waals surface area contributed by atoms with Crippen molar-refractivity contribution in [3.63, 3.8) is 0 Å². The summed E-state index contributed by atoms with van der Waals surface area (Å²) in [5, 5.41) is 6.17. The monoisotopic (exact) mass is 214 g/mol. The predicted octanol–water partition coefficient (Wildman–Crippen LogP) is 2.07. The van der Waals surface area contributed by atoms with E-state index >= 15 is 0 Å². The molecule has 0 heterocycles. The minimum Gasteiger partial charge on any atom is -0.353 e. The molecule has 15 heavy (non-hydrogen) atoms. The van der Waals surface area contributed by atoms with Crippen LogP contribution in [0.25, 0.3) is 0 Å². The molecule has 0 aromatic carbocycles. The molecule has 3 heteroatoms. The van der Waals surface area contributed by atoms with Gasteiger partial charge in [-0.05, 0) is 26.7 Å². The van der Waals surface area contributed by atoms with E-state index in [-0.39, 0.29) is 5.91 Å². The molecule has 3 nitrogen and oxygen atoms in total. The Balaban J connectivity index is 3.55. The van der Waals surface area contributed by atoms with Crippen LogP contribution in [0.3, 0.4) is 0 Å². The highest BCUT2D eigenvalue weighted by Crippen LogP contribution is 1.98. The van der Waals surface area contributed by atoms with Gasteiger partial charge in [0.2, 0.25) is 5.91 Å². The normalized spacial score (nSPS) is 14.7. The molecule has 0 rings (SSSR count). The van der Waals surface area contributed by atoms with Gasteiger partial charge in [0.05, 0.1) is 6.54 Å². The summed E-state index contributed by atoms with van der Waals surface area (Å²) in [6, 6.07) is 0.720. The summed E-state index contributed by atoms with van der Waals surface area (Å²) in [4.78, 5) is 11.5. The maximum atomic E-state index is 11.5. The lowest BCUT2D eigenvalue weighted by atomic mass is 10.1. The zero-order valence-electron chi connectivity index (χ0n) is 10.6. The molecule has 0 aromatic rings. The second-order valence-electron chi connectivity index (χ2n) is 4.30. The molecule has 2 unspecified atom stereocenters. The fraction of sp³-hybridized carbons (Fsp3) is 0.917. The summed E-state index contributed by atoms with van der Waals surface area (Å²) in [5.74, 6) is 0.110. The molecule has 0 spiro atoms. The molecule has 2 N–H and O–H groups in total. The second-order valence-corrected chi connectivity index (χ2v) is 4.30. The van der Waals surface area contributed by atoms with Crippen molar-refractivity contribution < 1.29 is 4.79 Å². The van der Waals surface area contributed by atoms with Gasteiger partial charge in [-0.15, -0.1) is 0 Å². The number of carbonyl (C=O) groups is 1. The summed E-state index contributed by atoms with van der Waals surface area (Å²) in [6.45, 7) is 8.87. The van der Waals surface area contributed by atoms with E-state index in [1.807, 2.05) is 0 Å². The van der Waals surface area contributed by atoms with Crippen molar-refractivity contribution in [1.82, 2.24) is 10.6 Å². The highest BCUT2D eigenvalue weighted by Gasteiger charge is 2.07. The van der Waals surface area contributed by atoms with Gasteiger partial charge in [0.25, 0.3) is 0 Å². The fourth-order valence-electron chi connectivity index (χ4n) is 1.32. The average molecular weight is 214 g/mol. The van der Waals surface area contributed by atoms with Crippen molar-refractivity contribution in [2.24, 2.45) is 0 Å². The molecular weight excluding hydrogens is 188 g/mol. The van der Waals surface area contributed by atoms with Crippen LogP contribution in [0.4, 0.5) is 0 Å². The van der Waals surface area contributed by atoms with Gasteiger partial charge in [-0.2, -0.15) is 0 Å². The van der Waals surface area contributed by atoms with Gasteiger partial charge in [0.1, 0.15) is 0 Å². The third-order valence-electron chi connectivity index (χ3n) is 2.62. The first-order chi connectivity index (χ1) is 7.10. The molecule has 0 aliphatic rings. The maximum absolute atomic E-state index is 11.5. The third-order valence-corrected chi connectivity index (χ3v) is 2.62. The standard InChI is InChI=1S/C12H26N2O/c1-5-7-8-11(4)14-12(15)9-13-10(3)6-2/h10-11,13H,5-9H2,1-4H3,(H,14,15). The van der Waals surface area contributed by atoms with E-state index in [0.717, 1.165) is 12.8 Å². The number of amides is 1. The van der Waals surface area contributed by atoms with Crippen LogP contribution in [-0.4, -0.2) is 24.5 Å². The summed E-state index contributed by atoms with van der Waals surface area (Å²) >= 11 is 0. The van der Waals surface area contributed by atoms with Gasteiger partial charge < -0.3 is 10.6 Å². The molecule has 2 atom stereocenters. The Morgan fingerprint density at radius 3 is 2.40 bits per heavy atom. The average Bonchev–Trinajstić information content (AvgIpc) is 2.22. The second kappa shape index (κ2) is 8.72. The van der Waals surface area contributed by atoms with E-state index in [0.29, 0.717) is 18.6 Å². The van der Waals surface area contributed by atoms with Crippen molar-refractivity contribution in [2.75, 3.05) is 6.54 Å². The SMILES string of the molecule is CCCCC(C)NC(=O)CNC(C)CC. The molecule has 0 radical (unpaired) electrons. The molecule has 90 valence electrons. The Morgan fingerprint density at radius 2 is 1.87 bits per heavy atom. The summed E-state index contributed by atoms with van der Waals surface area (Å²) in [7, 11) is 0. The minimum absolute atomic E-state index is 0.110. The van der Waals surface area contributed by atoms with E-state index in [2.05, 4.69) is 38.3 Å². The molecule has 0 aliphatic carbocycles. The smallest absolute Gasteiger partial charge is 0.234 e. The fourth-order valence-corrected chi connectivity index (χ4v) is 1.32. The van der Waals surface area contributed by atoms with E-state index < -0.39 is 0 Å². The maximum Gasteiger partial charge on any atom is 0.234 e. The van der Waals surface area contributed by atoms with Gasteiger partial charge in [-0.25, -0.2) is 0 Å². The van der Waals surface area contributed by atoms with Gasteiger partial charge in [0, 0.05) is 12.1 Å². The minimum atomic E-state index is 0.110. The van der Waals surface area contributed by atoms with Crippen LogP contribution in [0.1, 0.15) is 53.4 Å². The Labute approximate surface area is 94.0 Å². The molecule has 0 saturated heterocycles. The lowest BCUT2D eigenvalue weighted by Gasteiger charge is -2.15. The Kier molecular flexibility index (Phi) is 8.38. The lowest BCUT2D eigenvalue weighted by molar-refractivity contribution is -0.121. The first-order valence-corrected chi connectivity index (χ1v) is 6.12. The van der Waals surface area contributed by atoms with E-state index in [4.69, 9.17) is 0 Å². The number of hydrogen-bond acceptors (Lipinski definition) is 2. The number of nitrogens with one attached hydrogen (secondary N) is 2. The van der Waals surface area contributed by atoms with Crippen molar-refractivity contribution in [2.45, 2.75) is 65.5 Å². The largest absolute Gasteiger partial charge is 0.353 e. The number of rotatable bonds is 8. The topological polar surface area (TPSA) is 41.1 Å². The molecule has 0 aromatic heterocycles. The van der Waals surface area contributed by atoms with Crippen LogP contribution in [0, 0.1) is 0 Å².